The summed E-state index contributed by atoms with van der Waals surface area (Å²) in [5, 5.41) is 0. The number of benzene rings is 1. The van der Waals surface area contributed by atoms with E-state index in [0.29, 0.717) is 5.92 Å². The van der Waals surface area contributed by atoms with Crippen LogP contribution < -0.4 is 9.47 Å². The maximum atomic E-state index is 5.59. The number of nitrogens with one attached hydrogen (secondary N) is 1. The lowest BCUT2D eigenvalue weighted by Crippen LogP contribution is -2.20. The predicted molar refractivity (Wildman–Crippen MR) is 106 cm³/mol. The second-order valence-corrected chi connectivity index (χ2v) is 8.04. The molecule has 2 aromatic rings. The van der Waals surface area contributed by atoms with Crippen molar-refractivity contribution in [3.8, 4) is 11.5 Å². The second-order valence-electron chi connectivity index (χ2n) is 8.04. The van der Waals surface area contributed by atoms with Gasteiger partial charge < -0.3 is 14.5 Å². The van der Waals surface area contributed by atoms with E-state index < -0.39 is 0 Å². The summed E-state index contributed by atoms with van der Waals surface area (Å²) in [6.07, 6.45) is 9.81. The van der Waals surface area contributed by atoms with E-state index >= 15 is 0 Å². The fraction of sp³-hybridized carbons (Fsp3) is 0.591. The van der Waals surface area contributed by atoms with E-state index in [1.807, 2.05) is 18.3 Å². The molecule has 1 aromatic heterocycles. The summed E-state index contributed by atoms with van der Waals surface area (Å²) in [6, 6.07) is 6.11. The molecule has 1 aromatic carbocycles. The van der Waals surface area contributed by atoms with Crippen molar-refractivity contribution in [2.24, 2.45) is 5.92 Å². The Bertz CT molecular complexity index is 752. The van der Waals surface area contributed by atoms with E-state index in [-0.39, 0.29) is 0 Å². The molecule has 27 heavy (non-hydrogen) atoms. The monoisotopic (exact) mass is 369 g/mol. The van der Waals surface area contributed by atoms with Gasteiger partial charge in [-0.3, -0.25) is 4.90 Å². The fourth-order valence-corrected chi connectivity index (χ4v) is 4.71. The minimum absolute atomic E-state index is 0.482. The first-order chi connectivity index (χ1) is 13.2. The van der Waals surface area contributed by atoms with Crippen LogP contribution >= 0.6 is 0 Å². The molecule has 1 N–H and O–H groups in total. The van der Waals surface area contributed by atoms with Gasteiger partial charge >= 0.3 is 0 Å². The average molecular weight is 370 g/mol. The highest BCUT2D eigenvalue weighted by molar-refractivity contribution is 5.43. The molecule has 146 valence electrons. The van der Waals surface area contributed by atoms with Crippen LogP contribution in [0.2, 0.25) is 0 Å². The molecule has 5 nitrogen and oxygen atoms in total. The number of methoxy groups -OCH3 is 2. The number of aromatic amines is 1. The molecule has 5 heteroatoms. The summed E-state index contributed by atoms with van der Waals surface area (Å²) in [6.45, 7) is 3.09. The van der Waals surface area contributed by atoms with Crippen LogP contribution in [0.25, 0.3) is 0 Å². The van der Waals surface area contributed by atoms with Gasteiger partial charge in [-0.2, -0.15) is 0 Å². The second kappa shape index (κ2) is 8.34. The zero-order valence-corrected chi connectivity index (χ0v) is 16.5. The van der Waals surface area contributed by atoms with Crippen molar-refractivity contribution in [3.63, 3.8) is 0 Å². The van der Waals surface area contributed by atoms with Gasteiger partial charge in [0.25, 0.3) is 0 Å². The molecule has 1 atom stereocenters. The Morgan fingerprint density at radius 1 is 1.15 bits per heavy atom. The third kappa shape index (κ3) is 4.29. The quantitative estimate of drug-likeness (QED) is 0.797. The first-order valence-corrected chi connectivity index (χ1v) is 10.2. The van der Waals surface area contributed by atoms with E-state index in [9.17, 15) is 0 Å². The Hall–Kier alpha value is -2.01. The summed E-state index contributed by atoms with van der Waals surface area (Å²) in [7, 11) is 3.46. The van der Waals surface area contributed by atoms with Crippen LogP contribution in [-0.4, -0.2) is 42.2 Å². The van der Waals surface area contributed by atoms with Crippen LogP contribution in [0.4, 0.5) is 0 Å². The number of likely N-dealkylation sites (tertiary alicyclic amines) is 1. The predicted octanol–water partition coefficient (Wildman–Crippen LogP) is 4.15. The molecule has 1 saturated heterocycles. The number of H-pyrrole nitrogens is 1. The van der Waals surface area contributed by atoms with Gasteiger partial charge in [-0.05, 0) is 37.1 Å². The van der Waals surface area contributed by atoms with Crippen molar-refractivity contribution in [1.29, 1.82) is 0 Å². The average Bonchev–Trinajstić information content (AvgIpc) is 3.45. The summed E-state index contributed by atoms with van der Waals surface area (Å²) < 4.78 is 11.0. The summed E-state index contributed by atoms with van der Waals surface area (Å²) >= 11 is 0. The molecule has 0 spiro atoms. The van der Waals surface area contributed by atoms with Crippen LogP contribution in [0.15, 0.2) is 24.4 Å². The topological polar surface area (TPSA) is 50.4 Å². The van der Waals surface area contributed by atoms with E-state index in [4.69, 9.17) is 9.47 Å². The molecule has 1 saturated carbocycles. The molecule has 0 amide bonds. The van der Waals surface area contributed by atoms with Crippen molar-refractivity contribution in [2.75, 3.05) is 27.3 Å². The highest BCUT2D eigenvalue weighted by atomic mass is 16.5. The minimum Gasteiger partial charge on any atom is -0.497 e. The highest BCUT2D eigenvalue weighted by Gasteiger charge is 2.27. The van der Waals surface area contributed by atoms with Gasteiger partial charge in [0.2, 0.25) is 0 Å². The molecule has 1 aliphatic carbocycles. The molecule has 0 bridgehead atoms. The maximum absolute atomic E-state index is 5.59. The summed E-state index contributed by atoms with van der Waals surface area (Å²) in [5.41, 5.74) is 2.49. The standard InChI is InChI=1S/C22H31N3O2/c1-26-19-7-8-21(27-2)20(12-19)17-9-10-25(14-17)15-18-13-23-22(24-18)11-16-5-3-4-6-16/h7-8,12-13,16-17H,3-6,9-11,14-15H2,1-2H3,(H,23,24). The molecular weight excluding hydrogens is 338 g/mol. The van der Waals surface area contributed by atoms with Crippen molar-refractivity contribution in [1.82, 2.24) is 14.9 Å². The van der Waals surface area contributed by atoms with E-state index in [2.05, 4.69) is 20.9 Å². The van der Waals surface area contributed by atoms with Gasteiger partial charge in [0.15, 0.2) is 0 Å². The lowest BCUT2D eigenvalue weighted by Gasteiger charge is -2.17. The third-order valence-corrected chi connectivity index (χ3v) is 6.18. The summed E-state index contributed by atoms with van der Waals surface area (Å²) in [5.74, 6) is 4.34. The van der Waals surface area contributed by atoms with Crippen LogP contribution in [0, 0.1) is 5.92 Å². The number of hydrogen-bond donors (Lipinski definition) is 1. The molecule has 2 fully saturated rings. The number of aromatic nitrogens is 2. The maximum Gasteiger partial charge on any atom is 0.122 e. The Morgan fingerprint density at radius 3 is 2.78 bits per heavy atom. The van der Waals surface area contributed by atoms with Gasteiger partial charge in [0.05, 0.1) is 14.2 Å². The molecule has 4 rings (SSSR count). The number of nitrogens with zero attached hydrogens (tertiary/aromatic N) is 2. The lowest BCUT2D eigenvalue weighted by molar-refractivity contribution is 0.321. The first-order valence-electron chi connectivity index (χ1n) is 10.2. The van der Waals surface area contributed by atoms with Gasteiger partial charge in [-0.1, -0.05) is 25.7 Å². The molecule has 2 aliphatic rings. The Morgan fingerprint density at radius 2 is 2.00 bits per heavy atom. The number of hydrogen-bond acceptors (Lipinski definition) is 4. The molecule has 2 heterocycles. The van der Waals surface area contributed by atoms with E-state index in [1.165, 1.54) is 42.8 Å². The number of ether oxygens (including phenoxy) is 2. The third-order valence-electron chi connectivity index (χ3n) is 6.18. The zero-order chi connectivity index (χ0) is 18.6. The fourth-order valence-electron chi connectivity index (χ4n) is 4.71. The van der Waals surface area contributed by atoms with Crippen molar-refractivity contribution in [3.05, 3.63) is 41.5 Å². The Labute approximate surface area is 162 Å². The minimum atomic E-state index is 0.482. The molecule has 1 unspecified atom stereocenters. The Balaban J connectivity index is 1.37. The Kier molecular flexibility index (Phi) is 5.67. The van der Waals surface area contributed by atoms with Crippen LogP contribution in [0.5, 0.6) is 11.5 Å². The lowest BCUT2D eigenvalue weighted by atomic mass is 9.97. The molecular formula is C22H31N3O2. The SMILES string of the molecule is COc1ccc(OC)c(C2CCN(Cc3cnc(CC4CCCC4)[nH]3)C2)c1. The van der Waals surface area contributed by atoms with Gasteiger partial charge in [-0.25, -0.2) is 4.98 Å². The van der Waals surface area contributed by atoms with Crippen molar-refractivity contribution >= 4 is 0 Å². The van der Waals surface area contributed by atoms with Crippen molar-refractivity contribution < 1.29 is 9.47 Å². The smallest absolute Gasteiger partial charge is 0.122 e. The first kappa shape index (κ1) is 18.4. The molecule has 1 aliphatic heterocycles. The van der Waals surface area contributed by atoms with Gasteiger partial charge in [-0.15, -0.1) is 0 Å². The van der Waals surface area contributed by atoms with Crippen LogP contribution in [-0.2, 0) is 13.0 Å². The summed E-state index contributed by atoms with van der Waals surface area (Å²) in [4.78, 5) is 10.7. The largest absolute Gasteiger partial charge is 0.497 e. The van der Waals surface area contributed by atoms with Crippen LogP contribution in [0.3, 0.4) is 0 Å². The molecule has 0 radical (unpaired) electrons. The normalized spacial score (nSPS) is 21.0. The number of imidazole rings is 1. The van der Waals surface area contributed by atoms with Crippen LogP contribution in [0.1, 0.15) is 55.1 Å². The van der Waals surface area contributed by atoms with Gasteiger partial charge in [0.1, 0.15) is 17.3 Å². The number of rotatable bonds is 7. The van der Waals surface area contributed by atoms with Gasteiger partial charge in [0, 0.05) is 42.9 Å². The highest BCUT2D eigenvalue weighted by Crippen LogP contribution is 2.36. The van der Waals surface area contributed by atoms with Crippen molar-refractivity contribution in [2.45, 2.75) is 51.0 Å². The van der Waals surface area contributed by atoms with E-state index in [1.54, 1.807) is 14.2 Å². The zero-order valence-electron chi connectivity index (χ0n) is 16.5. The van der Waals surface area contributed by atoms with E-state index in [0.717, 1.165) is 49.9 Å².